The van der Waals surface area contributed by atoms with Crippen molar-refractivity contribution >= 4 is 22.8 Å². The zero-order valence-electron chi connectivity index (χ0n) is 14.6. The largest absolute Gasteiger partial charge is 0.345 e. The average molecular weight is 354 g/mol. The third-order valence-electron chi connectivity index (χ3n) is 5.70. The highest BCUT2D eigenvalue weighted by molar-refractivity contribution is 5.76. The van der Waals surface area contributed by atoms with Crippen molar-refractivity contribution in [1.29, 1.82) is 0 Å². The van der Waals surface area contributed by atoms with Crippen LogP contribution in [-0.4, -0.2) is 54.2 Å². The Hall–Kier alpha value is -2.68. The first kappa shape index (κ1) is 15.6. The quantitative estimate of drug-likeness (QED) is 0.611. The van der Waals surface area contributed by atoms with E-state index in [0.717, 1.165) is 41.9 Å². The first-order valence-corrected chi connectivity index (χ1v) is 9.11. The van der Waals surface area contributed by atoms with E-state index in [1.807, 2.05) is 17.2 Å². The number of likely N-dealkylation sites (tertiary alicyclic amines) is 1. The summed E-state index contributed by atoms with van der Waals surface area (Å²) in [5, 5.41) is 11.7. The molecule has 2 fully saturated rings. The van der Waals surface area contributed by atoms with Gasteiger partial charge < -0.3 is 20.9 Å². The molecule has 2 amide bonds. The molecular formula is C17H22N8O. The van der Waals surface area contributed by atoms with Gasteiger partial charge >= 0.3 is 6.03 Å². The molecule has 26 heavy (non-hydrogen) atoms. The second-order valence-corrected chi connectivity index (χ2v) is 7.49. The summed E-state index contributed by atoms with van der Waals surface area (Å²) in [5.41, 5.74) is 8.03. The summed E-state index contributed by atoms with van der Waals surface area (Å²) < 4.78 is 2.05. The van der Waals surface area contributed by atoms with E-state index in [2.05, 4.69) is 36.8 Å². The van der Waals surface area contributed by atoms with Crippen LogP contribution in [0.15, 0.2) is 18.5 Å². The lowest BCUT2D eigenvalue weighted by molar-refractivity contribution is 0.201. The van der Waals surface area contributed by atoms with Crippen LogP contribution in [0.5, 0.6) is 0 Å². The number of aromatic nitrogens is 5. The van der Waals surface area contributed by atoms with Gasteiger partial charge in [-0.25, -0.2) is 9.78 Å². The van der Waals surface area contributed by atoms with Gasteiger partial charge in [-0.15, -0.1) is 10.2 Å². The molecule has 0 unspecified atom stereocenters. The Morgan fingerprint density at radius 3 is 3.04 bits per heavy atom. The Kier molecular flexibility index (Phi) is 3.24. The number of H-pyrrole nitrogens is 1. The molecule has 136 valence electrons. The molecule has 3 aromatic rings. The van der Waals surface area contributed by atoms with E-state index in [1.165, 1.54) is 0 Å². The van der Waals surface area contributed by atoms with Crippen LogP contribution in [0.3, 0.4) is 0 Å². The third-order valence-corrected chi connectivity index (χ3v) is 5.70. The molecule has 2 atom stereocenters. The molecule has 1 saturated carbocycles. The first-order chi connectivity index (χ1) is 12.6. The lowest BCUT2D eigenvalue weighted by atomic mass is 9.93. The van der Waals surface area contributed by atoms with Crippen LogP contribution >= 0.6 is 0 Å². The number of fused-ring (bicyclic) bond motifs is 3. The summed E-state index contributed by atoms with van der Waals surface area (Å²) in [6.07, 6.45) is 6.25. The molecule has 5 rings (SSSR count). The minimum Gasteiger partial charge on any atom is -0.345 e. The molecule has 4 heterocycles. The second-order valence-electron chi connectivity index (χ2n) is 7.49. The lowest BCUT2D eigenvalue weighted by Crippen LogP contribution is -2.49. The molecule has 3 aromatic heterocycles. The van der Waals surface area contributed by atoms with Gasteiger partial charge in [-0.1, -0.05) is 13.3 Å². The molecule has 1 saturated heterocycles. The van der Waals surface area contributed by atoms with Crippen molar-refractivity contribution in [3.63, 3.8) is 0 Å². The van der Waals surface area contributed by atoms with Gasteiger partial charge in [0.1, 0.15) is 5.82 Å². The van der Waals surface area contributed by atoms with Gasteiger partial charge in [0.25, 0.3) is 0 Å². The van der Waals surface area contributed by atoms with Crippen molar-refractivity contribution in [2.45, 2.75) is 37.8 Å². The molecule has 9 nitrogen and oxygen atoms in total. The van der Waals surface area contributed by atoms with E-state index in [4.69, 9.17) is 5.73 Å². The van der Waals surface area contributed by atoms with Crippen LogP contribution in [-0.2, 0) is 0 Å². The number of nitrogens with two attached hydrogens (primary N) is 1. The average Bonchev–Trinajstić information content (AvgIpc) is 3.09. The molecule has 0 aromatic carbocycles. The molecular weight excluding hydrogens is 332 g/mol. The fraction of sp³-hybridized carbons (Fsp3) is 0.529. The number of hydrogen-bond acceptors (Lipinski definition) is 5. The molecule has 1 aliphatic carbocycles. The van der Waals surface area contributed by atoms with Gasteiger partial charge in [0, 0.05) is 25.2 Å². The van der Waals surface area contributed by atoms with Gasteiger partial charge in [0.15, 0.2) is 11.3 Å². The van der Waals surface area contributed by atoms with Crippen molar-refractivity contribution in [2.24, 2.45) is 11.7 Å². The third kappa shape index (κ3) is 2.34. The van der Waals surface area contributed by atoms with E-state index in [-0.39, 0.29) is 11.9 Å². The van der Waals surface area contributed by atoms with Crippen molar-refractivity contribution in [2.75, 3.05) is 13.1 Å². The number of aromatic amines is 1. The second kappa shape index (κ2) is 5.41. The maximum atomic E-state index is 12.6. The van der Waals surface area contributed by atoms with E-state index >= 15 is 0 Å². The number of nitrogens with zero attached hydrogens (tertiary/aromatic N) is 5. The Bertz CT molecular complexity index is 987. The number of nitrogens with one attached hydrogen (secondary N) is 2. The fourth-order valence-corrected chi connectivity index (χ4v) is 3.93. The number of rotatable bonds is 3. The number of hydrogen-bond donors (Lipinski definition) is 3. The molecule has 0 spiro atoms. The Balaban J connectivity index is 1.49. The van der Waals surface area contributed by atoms with Crippen LogP contribution < -0.4 is 11.1 Å². The smallest absolute Gasteiger partial charge is 0.318 e. The highest BCUT2D eigenvalue weighted by Gasteiger charge is 2.43. The highest BCUT2D eigenvalue weighted by atomic mass is 16.2. The molecule has 2 aliphatic rings. The number of urea groups is 1. The standard InChI is InChI=1S/C17H22N8O/c1-2-10-8-24(16(26)21-17(18)4-5-17)9-11(10)15-23-22-13-7-20-14-12(25(13)15)3-6-19-14/h3,6-7,10-11,19H,2,4-5,8-9,18H2,1H3,(H,21,26)/t10-,11+/m0/s1. The summed E-state index contributed by atoms with van der Waals surface area (Å²) >= 11 is 0. The van der Waals surface area contributed by atoms with E-state index in [1.54, 1.807) is 6.20 Å². The normalized spacial score (nSPS) is 24.5. The van der Waals surface area contributed by atoms with Crippen molar-refractivity contribution in [3.8, 4) is 0 Å². The Morgan fingerprint density at radius 2 is 2.27 bits per heavy atom. The fourth-order valence-electron chi connectivity index (χ4n) is 3.93. The summed E-state index contributed by atoms with van der Waals surface area (Å²) in [5.74, 6) is 1.36. The summed E-state index contributed by atoms with van der Waals surface area (Å²) in [7, 11) is 0. The summed E-state index contributed by atoms with van der Waals surface area (Å²) in [6.45, 7) is 3.48. The van der Waals surface area contributed by atoms with Crippen molar-refractivity contribution < 1.29 is 4.79 Å². The number of carbonyl (C=O) groups excluding carboxylic acids is 1. The predicted octanol–water partition coefficient (Wildman–Crippen LogP) is 1.19. The summed E-state index contributed by atoms with van der Waals surface area (Å²) in [4.78, 5) is 22.0. The van der Waals surface area contributed by atoms with Crippen LogP contribution in [0, 0.1) is 5.92 Å². The van der Waals surface area contributed by atoms with Gasteiger partial charge in [0.2, 0.25) is 0 Å². The number of amides is 2. The molecule has 0 radical (unpaired) electrons. The Morgan fingerprint density at radius 1 is 1.42 bits per heavy atom. The van der Waals surface area contributed by atoms with Crippen molar-refractivity contribution in [3.05, 3.63) is 24.3 Å². The zero-order valence-corrected chi connectivity index (χ0v) is 14.6. The maximum Gasteiger partial charge on any atom is 0.318 e. The minimum atomic E-state index is -0.499. The maximum absolute atomic E-state index is 12.6. The molecule has 4 N–H and O–H groups in total. The highest BCUT2D eigenvalue weighted by Crippen LogP contribution is 2.36. The monoisotopic (exact) mass is 354 g/mol. The predicted molar refractivity (Wildman–Crippen MR) is 95.4 cm³/mol. The van der Waals surface area contributed by atoms with Gasteiger partial charge in [-0.2, -0.15) is 0 Å². The first-order valence-electron chi connectivity index (χ1n) is 9.11. The van der Waals surface area contributed by atoms with Gasteiger partial charge in [-0.3, -0.25) is 4.40 Å². The topological polar surface area (TPSA) is 117 Å². The van der Waals surface area contributed by atoms with Crippen LogP contribution in [0.4, 0.5) is 4.79 Å². The van der Waals surface area contributed by atoms with Gasteiger partial charge in [-0.05, 0) is 24.8 Å². The van der Waals surface area contributed by atoms with E-state index < -0.39 is 5.66 Å². The van der Waals surface area contributed by atoms with E-state index in [9.17, 15) is 4.79 Å². The molecule has 9 heteroatoms. The zero-order chi connectivity index (χ0) is 17.9. The van der Waals surface area contributed by atoms with Crippen LogP contribution in [0.2, 0.25) is 0 Å². The number of carbonyl (C=O) groups is 1. The lowest BCUT2D eigenvalue weighted by Gasteiger charge is -2.20. The van der Waals surface area contributed by atoms with E-state index in [0.29, 0.717) is 19.0 Å². The van der Waals surface area contributed by atoms with Gasteiger partial charge in [0.05, 0.1) is 17.4 Å². The van der Waals surface area contributed by atoms with Crippen molar-refractivity contribution in [1.82, 2.24) is 34.8 Å². The van der Waals surface area contributed by atoms with Crippen LogP contribution in [0.1, 0.15) is 37.9 Å². The molecule has 0 bridgehead atoms. The Labute approximate surface area is 150 Å². The molecule has 1 aliphatic heterocycles. The minimum absolute atomic E-state index is 0.0757. The summed E-state index contributed by atoms with van der Waals surface area (Å²) in [6, 6.07) is 1.90. The SMILES string of the molecule is CC[C@H]1CN(C(=O)NC2(N)CC2)C[C@H]1c1nnc2cnc3[nH]ccc3n12. The van der Waals surface area contributed by atoms with Crippen LogP contribution in [0.25, 0.3) is 16.8 Å².